The molecule has 0 radical (unpaired) electrons. The van der Waals surface area contributed by atoms with Crippen molar-refractivity contribution in [3.05, 3.63) is 59.7 Å². The molecule has 1 aliphatic rings. The molecule has 0 unspecified atom stereocenters. The van der Waals surface area contributed by atoms with E-state index in [1.54, 1.807) is 29.2 Å². The second kappa shape index (κ2) is 7.95. The SMILES string of the molecule is O=C(Nc1cccc(OCC(=O)N2CCCC2)c1)c1ccc(F)c(F)c1. The number of anilines is 1. The lowest BCUT2D eigenvalue weighted by molar-refractivity contribution is -0.132. The summed E-state index contributed by atoms with van der Waals surface area (Å²) in [5.74, 6) is -2.32. The van der Waals surface area contributed by atoms with Crippen LogP contribution in [0.5, 0.6) is 5.75 Å². The maximum absolute atomic E-state index is 13.2. The monoisotopic (exact) mass is 360 g/mol. The molecule has 1 N–H and O–H groups in total. The molecule has 2 aromatic rings. The number of nitrogens with zero attached hydrogens (tertiary/aromatic N) is 1. The van der Waals surface area contributed by atoms with Crippen molar-refractivity contribution in [1.82, 2.24) is 4.90 Å². The highest BCUT2D eigenvalue weighted by molar-refractivity contribution is 6.04. The second-order valence-electron chi connectivity index (χ2n) is 5.99. The Hall–Kier alpha value is -2.96. The van der Waals surface area contributed by atoms with Crippen LogP contribution in [0.25, 0.3) is 0 Å². The summed E-state index contributed by atoms with van der Waals surface area (Å²) >= 11 is 0. The summed E-state index contributed by atoms with van der Waals surface area (Å²) in [6.45, 7) is 1.44. The molecule has 26 heavy (non-hydrogen) atoms. The number of hydrogen-bond acceptors (Lipinski definition) is 3. The van der Waals surface area contributed by atoms with Gasteiger partial charge < -0.3 is 15.0 Å². The number of halogens is 2. The fourth-order valence-electron chi connectivity index (χ4n) is 2.71. The van der Waals surface area contributed by atoms with Crippen molar-refractivity contribution in [2.75, 3.05) is 25.0 Å². The molecule has 0 saturated carbocycles. The molecule has 2 amide bonds. The predicted octanol–water partition coefficient (Wildman–Crippen LogP) is 3.22. The summed E-state index contributed by atoms with van der Waals surface area (Å²) in [7, 11) is 0. The first-order valence-electron chi connectivity index (χ1n) is 8.30. The minimum absolute atomic E-state index is 0.000525. The molecule has 1 aliphatic heterocycles. The quantitative estimate of drug-likeness (QED) is 0.891. The molecule has 1 saturated heterocycles. The fourth-order valence-corrected chi connectivity index (χ4v) is 2.71. The number of rotatable bonds is 5. The van der Waals surface area contributed by atoms with E-state index in [2.05, 4.69) is 5.32 Å². The van der Waals surface area contributed by atoms with Gasteiger partial charge in [0.05, 0.1) is 0 Å². The lowest BCUT2D eigenvalue weighted by atomic mass is 10.2. The van der Waals surface area contributed by atoms with E-state index in [0.717, 1.165) is 38.1 Å². The van der Waals surface area contributed by atoms with Crippen molar-refractivity contribution in [2.24, 2.45) is 0 Å². The van der Waals surface area contributed by atoms with Gasteiger partial charge in [0.1, 0.15) is 5.75 Å². The molecular weight excluding hydrogens is 342 g/mol. The molecule has 5 nitrogen and oxygen atoms in total. The van der Waals surface area contributed by atoms with Gasteiger partial charge in [-0.3, -0.25) is 9.59 Å². The summed E-state index contributed by atoms with van der Waals surface area (Å²) in [5, 5.41) is 2.58. The molecule has 0 atom stereocenters. The van der Waals surface area contributed by atoms with Crippen LogP contribution in [0.15, 0.2) is 42.5 Å². The van der Waals surface area contributed by atoms with Gasteiger partial charge in [-0.25, -0.2) is 8.78 Å². The highest BCUT2D eigenvalue weighted by atomic mass is 19.2. The number of benzene rings is 2. The van der Waals surface area contributed by atoms with Gasteiger partial charge in [0.25, 0.3) is 11.8 Å². The minimum atomic E-state index is -1.09. The smallest absolute Gasteiger partial charge is 0.260 e. The first-order valence-corrected chi connectivity index (χ1v) is 8.30. The molecule has 0 aromatic heterocycles. The van der Waals surface area contributed by atoms with Crippen LogP contribution in [0.3, 0.4) is 0 Å². The number of ether oxygens (including phenoxy) is 1. The van der Waals surface area contributed by atoms with Gasteiger partial charge in [-0.05, 0) is 43.2 Å². The summed E-state index contributed by atoms with van der Waals surface area (Å²) in [4.78, 5) is 25.9. The van der Waals surface area contributed by atoms with E-state index < -0.39 is 17.5 Å². The number of carbonyl (C=O) groups excluding carboxylic acids is 2. The van der Waals surface area contributed by atoms with Crippen molar-refractivity contribution < 1.29 is 23.1 Å². The average molecular weight is 360 g/mol. The highest BCUT2D eigenvalue weighted by Gasteiger charge is 2.18. The van der Waals surface area contributed by atoms with Gasteiger partial charge in [-0.2, -0.15) is 0 Å². The Balaban J connectivity index is 1.60. The Bertz CT molecular complexity index is 820. The van der Waals surface area contributed by atoms with Gasteiger partial charge in [-0.15, -0.1) is 0 Å². The summed E-state index contributed by atoms with van der Waals surface area (Å²) in [6, 6.07) is 9.46. The van der Waals surface area contributed by atoms with Crippen molar-refractivity contribution in [2.45, 2.75) is 12.8 Å². The molecule has 136 valence electrons. The molecule has 0 bridgehead atoms. The van der Waals surface area contributed by atoms with Crippen LogP contribution in [-0.2, 0) is 4.79 Å². The Morgan fingerprint density at radius 3 is 2.54 bits per heavy atom. The van der Waals surface area contributed by atoms with Crippen molar-refractivity contribution >= 4 is 17.5 Å². The van der Waals surface area contributed by atoms with Crippen LogP contribution in [0.2, 0.25) is 0 Å². The molecule has 1 fully saturated rings. The fraction of sp³-hybridized carbons (Fsp3) is 0.263. The van der Waals surface area contributed by atoms with Crippen LogP contribution < -0.4 is 10.1 Å². The van der Waals surface area contributed by atoms with E-state index in [4.69, 9.17) is 4.74 Å². The van der Waals surface area contributed by atoms with Gasteiger partial charge in [0.15, 0.2) is 18.2 Å². The van der Waals surface area contributed by atoms with Gasteiger partial charge in [-0.1, -0.05) is 6.07 Å². The minimum Gasteiger partial charge on any atom is -0.484 e. The summed E-state index contributed by atoms with van der Waals surface area (Å²) in [5.41, 5.74) is 0.422. The van der Waals surface area contributed by atoms with Gasteiger partial charge in [0.2, 0.25) is 0 Å². The topological polar surface area (TPSA) is 58.6 Å². The zero-order chi connectivity index (χ0) is 18.5. The maximum Gasteiger partial charge on any atom is 0.260 e. The van der Waals surface area contributed by atoms with Crippen molar-refractivity contribution in [3.8, 4) is 5.75 Å². The second-order valence-corrected chi connectivity index (χ2v) is 5.99. The van der Waals surface area contributed by atoms with E-state index in [1.165, 1.54) is 6.07 Å². The Labute approximate surface area is 149 Å². The number of amides is 2. The number of likely N-dealkylation sites (tertiary alicyclic amines) is 1. The Morgan fingerprint density at radius 2 is 1.81 bits per heavy atom. The highest BCUT2D eigenvalue weighted by Crippen LogP contribution is 2.19. The Kier molecular flexibility index (Phi) is 5.46. The standard InChI is InChI=1S/C19H18F2N2O3/c20-16-7-6-13(10-17(16)21)19(25)22-14-4-3-5-15(11-14)26-12-18(24)23-8-1-2-9-23/h3-7,10-11H,1-2,8-9,12H2,(H,22,25). The summed E-state index contributed by atoms with van der Waals surface area (Å²) < 4.78 is 31.7. The zero-order valence-electron chi connectivity index (χ0n) is 14.0. The molecule has 0 aliphatic carbocycles. The lowest BCUT2D eigenvalue weighted by Crippen LogP contribution is -2.32. The van der Waals surface area contributed by atoms with E-state index >= 15 is 0 Å². The van der Waals surface area contributed by atoms with Crippen molar-refractivity contribution in [1.29, 1.82) is 0 Å². The van der Waals surface area contributed by atoms with Crippen LogP contribution >= 0.6 is 0 Å². The third-order valence-corrected chi connectivity index (χ3v) is 4.09. The Morgan fingerprint density at radius 1 is 1.04 bits per heavy atom. The average Bonchev–Trinajstić information content (AvgIpc) is 3.17. The van der Waals surface area contributed by atoms with E-state index in [1.807, 2.05) is 0 Å². The molecular formula is C19H18F2N2O3. The van der Waals surface area contributed by atoms with Crippen LogP contribution in [-0.4, -0.2) is 36.4 Å². The van der Waals surface area contributed by atoms with E-state index in [0.29, 0.717) is 11.4 Å². The number of carbonyl (C=O) groups is 2. The van der Waals surface area contributed by atoms with Crippen LogP contribution in [0.4, 0.5) is 14.5 Å². The van der Waals surface area contributed by atoms with Gasteiger partial charge in [0, 0.05) is 30.4 Å². The van der Waals surface area contributed by atoms with Crippen molar-refractivity contribution in [3.63, 3.8) is 0 Å². The largest absolute Gasteiger partial charge is 0.484 e. The molecule has 3 rings (SSSR count). The first-order chi connectivity index (χ1) is 12.5. The molecule has 7 heteroatoms. The van der Waals surface area contributed by atoms with Crippen LogP contribution in [0, 0.1) is 11.6 Å². The normalized spacial score (nSPS) is 13.5. The third kappa shape index (κ3) is 4.36. The van der Waals surface area contributed by atoms with E-state index in [-0.39, 0.29) is 18.1 Å². The number of nitrogens with one attached hydrogen (secondary N) is 1. The maximum atomic E-state index is 13.2. The van der Waals surface area contributed by atoms with Crippen LogP contribution in [0.1, 0.15) is 23.2 Å². The third-order valence-electron chi connectivity index (χ3n) is 4.09. The lowest BCUT2D eigenvalue weighted by Gasteiger charge is -2.15. The molecule has 0 spiro atoms. The van der Waals surface area contributed by atoms with Gasteiger partial charge >= 0.3 is 0 Å². The number of hydrogen-bond donors (Lipinski definition) is 1. The molecule has 1 heterocycles. The predicted molar refractivity (Wildman–Crippen MR) is 92.1 cm³/mol. The first kappa shape index (κ1) is 17.8. The summed E-state index contributed by atoms with van der Waals surface area (Å²) in [6.07, 6.45) is 2.02. The molecule has 2 aromatic carbocycles. The zero-order valence-corrected chi connectivity index (χ0v) is 14.0. The van der Waals surface area contributed by atoms with E-state index in [9.17, 15) is 18.4 Å².